The first-order valence-electron chi connectivity index (χ1n) is 4.24. The van der Waals surface area contributed by atoms with Crippen LogP contribution in [0.4, 0.5) is 5.69 Å². The topological polar surface area (TPSA) is 53.1 Å². The maximum atomic E-state index is 5.84. The van der Waals surface area contributed by atoms with E-state index in [-0.39, 0.29) is 0 Å². The number of nitrogen functional groups attached to an aromatic ring is 1. The maximum absolute atomic E-state index is 5.84. The Morgan fingerprint density at radius 2 is 2.33 bits per heavy atom. The smallest absolute Gasteiger partial charge is 0.188 e. The van der Waals surface area contributed by atoms with Gasteiger partial charge in [0.1, 0.15) is 5.69 Å². The van der Waals surface area contributed by atoms with E-state index in [0.717, 1.165) is 20.1 Å². The van der Waals surface area contributed by atoms with Crippen LogP contribution in [0.2, 0.25) is 0 Å². The molecule has 0 aliphatic heterocycles. The zero-order chi connectivity index (χ0) is 11.0. The van der Waals surface area contributed by atoms with Crippen LogP contribution in [0.15, 0.2) is 16.7 Å². The molecule has 4 nitrogen and oxygen atoms in total. The molecule has 0 radical (unpaired) electrons. The van der Waals surface area contributed by atoms with E-state index in [2.05, 4.69) is 21.0 Å². The summed E-state index contributed by atoms with van der Waals surface area (Å²) in [5.41, 5.74) is 7.44. The van der Waals surface area contributed by atoms with Gasteiger partial charge >= 0.3 is 0 Å². The van der Waals surface area contributed by atoms with Crippen molar-refractivity contribution in [1.82, 2.24) is 9.78 Å². The zero-order valence-corrected chi connectivity index (χ0v) is 10.7. The molecule has 0 atom stereocenters. The quantitative estimate of drug-likeness (QED) is 0.923. The van der Waals surface area contributed by atoms with Crippen LogP contribution in [0, 0.1) is 0 Å². The van der Waals surface area contributed by atoms with Gasteiger partial charge in [-0.1, -0.05) is 11.3 Å². The minimum atomic E-state index is 0.675. The van der Waals surface area contributed by atoms with Gasteiger partial charge in [0.25, 0.3) is 0 Å². The molecule has 2 N–H and O–H groups in total. The van der Waals surface area contributed by atoms with Gasteiger partial charge in [-0.25, -0.2) is 0 Å². The highest BCUT2D eigenvalue weighted by molar-refractivity contribution is 9.10. The number of thiophene rings is 1. The van der Waals surface area contributed by atoms with Crippen LogP contribution >= 0.6 is 27.3 Å². The minimum absolute atomic E-state index is 0.675. The highest BCUT2D eigenvalue weighted by Crippen LogP contribution is 2.41. The summed E-state index contributed by atoms with van der Waals surface area (Å²) >= 11 is 4.96. The number of ether oxygens (including phenoxy) is 1. The van der Waals surface area contributed by atoms with Crippen molar-refractivity contribution in [3.63, 3.8) is 0 Å². The van der Waals surface area contributed by atoms with E-state index < -0.39 is 0 Å². The standard InChI is InChI=1S/C9H10BrN3OS/c1-13-8(6(11)4-12-13)7-3-5(10)9(14-2)15-7/h3-4H,11H2,1-2H3. The predicted octanol–water partition coefficient (Wildman–Crippen LogP) is 2.50. The zero-order valence-electron chi connectivity index (χ0n) is 8.32. The van der Waals surface area contributed by atoms with E-state index in [1.54, 1.807) is 18.0 Å². The second-order valence-electron chi connectivity index (χ2n) is 3.02. The van der Waals surface area contributed by atoms with Crippen LogP contribution < -0.4 is 10.5 Å². The molecule has 0 aliphatic carbocycles. The number of halogens is 1. The fourth-order valence-corrected chi connectivity index (χ4v) is 3.11. The number of nitrogens with zero attached hydrogens (tertiary/aromatic N) is 2. The summed E-state index contributed by atoms with van der Waals surface area (Å²) in [4.78, 5) is 1.04. The maximum Gasteiger partial charge on any atom is 0.188 e. The monoisotopic (exact) mass is 287 g/mol. The lowest BCUT2D eigenvalue weighted by Crippen LogP contribution is -1.93. The number of hydrogen-bond donors (Lipinski definition) is 1. The number of nitrogens with two attached hydrogens (primary N) is 1. The second-order valence-corrected chi connectivity index (χ2v) is 4.89. The first-order chi connectivity index (χ1) is 7.13. The molecule has 2 aromatic rings. The third-order valence-corrected chi connectivity index (χ3v) is 4.00. The second kappa shape index (κ2) is 3.86. The summed E-state index contributed by atoms with van der Waals surface area (Å²) in [5.74, 6) is 0. The molecule has 6 heteroatoms. The fourth-order valence-electron chi connectivity index (χ4n) is 1.36. The highest BCUT2D eigenvalue weighted by atomic mass is 79.9. The van der Waals surface area contributed by atoms with Crippen LogP contribution in [-0.4, -0.2) is 16.9 Å². The van der Waals surface area contributed by atoms with Crippen molar-refractivity contribution in [2.24, 2.45) is 7.05 Å². The van der Waals surface area contributed by atoms with Gasteiger partial charge in [-0.15, -0.1) is 0 Å². The van der Waals surface area contributed by atoms with Gasteiger partial charge in [0.15, 0.2) is 5.06 Å². The third kappa shape index (κ3) is 1.74. The van der Waals surface area contributed by atoms with E-state index in [9.17, 15) is 0 Å². The Balaban J connectivity index is 2.54. The average Bonchev–Trinajstić information content (AvgIpc) is 2.70. The lowest BCUT2D eigenvalue weighted by molar-refractivity contribution is 0.425. The first-order valence-corrected chi connectivity index (χ1v) is 5.85. The van der Waals surface area contributed by atoms with Gasteiger partial charge < -0.3 is 10.5 Å². The molecule has 0 unspecified atom stereocenters. The van der Waals surface area contributed by atoms with Crippen molar-refractivity contribution >= 4 is 33.0 Å². The molecule has 0 saturated heterocycles. The predicted molar refractivity (Wildman–Crippen MR) is 65.2 cm³/mol. The van der Waals surface area contributed by atoms with Gasteiger partial charge in [-0.05, 0) is 22.0 Å². The SMILES string of the molecule is COc1sc(-c2c(N)cnn2C)cc1Br. The molecule has 2 rings (SSSR count). The molecule has 0 fully saturated rings. The Morgan fingerprint density at radius 3 is 2.80 bits per heavy atom. The van der Waals surface area contributed by atoms with Crippen LogP contribution in [0.1, 0.15) is 0 Å². The molecule has 80 valence electrons. The molecule has 0 aromatic carbocycles. The van der Waals surface area contributed by atoms with E-state index in [4.69, 9.17) is 10.5 Å². The Bertz CT molecular complexity index is 472. The number of methoxy groups -OCH3 is 1. The Kier molecular flexibility index (Phi) is 2.70. The average molecular weight is 288 g/mol. The summed E-state index contributed by atoms with van der Waals surface area (Å²) < 4.78 is 7.90. The van der Waals surface area contributed by atoms with E-state index in [1.807, 2.05) is 13.1 Å². The molecule has 2 aromatic heterocycles. The van der Waals surface area contributed by atoms with E-state index in [1.165, 1.54) is 11.3 Å². The molecule has 0 saturated carbocycles. The Morgan fingerprint density at radius 1 is 1.60 bits per heavy atom. The van der Waals surface area contributed by atoms with Crippen molar-refractivity contribution in [3.8, 4) is 15.6 Å². The Labute approximate surface area is 99.8 Å². The van der Waals surface area contributed by atoms with Gasteiger partial charge in [0.2, 0.25) is 0 Å². The Hall–Kier alpha value is -1.01. The van der Waals surface area contributed by atoms with Crippen molar-refractivity contribution in [2.75, 3.05) is 12.8 Å². The number of anilines is 1. The first kappa shape index (κ1) is 10.5. The summed E-state index contributed by atoms with van der Waals surface area (Å²) in [6, 6.07) is 1.98. The van der Waals surface area contributed by atoms with Crippen molar-refractivity contribution in [1.29, 1.82) is 0 Å². The largest absolute Gasteiger partial charge is 0.486 e. The molecule has 2 heterocycles. The number of aryl methyl sites for hydroxylation is 1. The van der Waals surface area contributed by atoms with Crippen LogP contribution in [0.25, 0.3) is 10.6 Å². The molecule has 15 heavy (non-hydrogen) atoms. The molecular formula is C9H10BrN3OS. The molecule has 0 spiro atoms. The minimum Gasteiger partial charge on any atom is -0.486 e. The lowest BCUT2D eigenvalue weighted by Gasteiger charge is -1.98. The van der Waals surface area contributed by atoms with Crippen LogP contribution in [-0.2, 0) is 7.05 Å². The van der Waals surface area contributed by atoms with Crippen LogP contribution in [0.3, 0.4) is 0 Å². The third-order valence-electron chi connectivity index (χ3n) is 2.04. The van der Waals surface area contributed by atoms with Crippen molar-refractivity contribution in [3.05, 3.63) is 16.7 Å². The highest BCUT2D eigenvalue weighted by Gasteiger charge is 2.14. The van der Waals surface area contributed by atoms with E-state index >= 15 is 0 Å². The van der Waals surface area contributed by atoms with Gasteiger partial charge in [0, 0.05) is 7.05 Å². The molecule has 0 bridgehead atoms. The summed E-state index contributed by atoms with van der Waals surface area (Å²) in [6.45, 7) is 0. The van der Waals surface area contributed by atoms with Crippen molar-refractivity contribution < 1.29 is 4.74 Å². The molecular weight excluding hydrogens is 278 g/mol. The van der Waals surface area contributed by atoms with Crippen molar-refractivity contribution in [2.45, 2.75) is 0 Å². The lowest BCUT2D eigenvalue weighted by atomic mass is 10.3. The number of aromatic nitrogens is 2. The number of hydrogen-bond acceptors (Lipinski definition) is 4. The normalized spacial score (nSPS) is 10.6. The van der Waals surface area contributed by atoms with Gasteiger partial charge in [-0.3, -0.25) is 4.68 Å². The van der Waals surface area contributed by atoms with Crippen LogP contribution in [0.5, 0.6) is 5.06 Å². The summed E-state index contributed by atoms with van der Waals surface area (Å²) in [7, 11) is 3.51. The fraction of sp³-hybridized carbons (Fsp3) is 0.222. The van der Waals surface area contributed by atoms with Gasteiger partial charge in [0.05, 0.1) is 28.3 Å². The van der Waals surface area contributed by atoms with E-state index in [0.29, 0.717) is 5.69 Å². The number of rotatable bonds is 2. The molecule has 0 aliphatic rings. The van der Waals surface area contributed by atoms with Gasteiger partial charge in [-0.2, -0.15) is 5.10 Å². The molecule has 0 amide bonds. The summed E-state index contributed by atoms with van der Waals surface area (Å²) in [6.07, 6.45) is 1.65. The summed E-state index contributed by atoms with van der Waals surface area (Å²) in [5, 5.41) is 4.94.